The minimum atomic E-state index is 0.802. The molecule has 5 nitrogen and oxygen atoms in total. The SMILES string of the molecule is Cc1nc(NCc2ccccc2C[NH+]2CCOCC2)c2c3c(sc2n1)CCC3. The molecule has 3 aromatic rings. The van der Waals surface area contributed by atoms with Gasteiger partial charge in [0.1, 0.15) is 36.1 Å². The number of fused-ring (bicyclic) bond motifs is 3. The van der Waals surface area contributed by atoms with Gasteiger partial charge in [0, 0.05) is 17.0 Å². The molecule has 3 heterocycles. The molecule has 146 valence electrons. The van der Waals surface area contributed by atoms with Crippen LogP contribution in [0.5, 0.6) is 0 Å². The van der Waals surface area contributed by atoms with Crippen LogP contribution in [0.4, 0.5) is 5.82 Å². The van der Waals surface area contributed by atoms with Gasteiger partial charge >= 0.3 is 0 Å². The maximum absolute atomic E-state index is 5.51. The number of anilines is 1. The Bertz CT molecular complexity index is 994. The summed E-state index contributed by atoms with van der Waals surface area (Å²) in [4.78, 5) is 13.7. The summed E-state index contributed by atoms with van der Waals surface area (Å²) >= 11 is 1.86. The summed E-state index contributed by atoms with van der Waals surface area (Å²) in [6.07, 6.45) is 3.61. The van der Waals surface area contributed by atoms with E-state index >= 15 is 0 Å². The second-order valence-electron chi connectivity index (χ2n) is 7.82. The monoisotopic (exact) mass is 395 g/mol. The van der Waals surface area contributed by atoms with Crippen LogP contribution in [0.15, 0.2) is 24.3 Å². The summed E-state index contributed by atoms with van der Waals surface area (Å²) in [5, 5.41) is 4.92. The van der Waals surface area contributed by atoms with Crippen LogP contribution < -0.4 is 10.2 Å². The van der Waals surface area contributed by atoms with Gasteiger partial charge < -0.3 is 15.0 Å². The van der Waals surface area contributed by atoms with Crippen molar-refractivity contribution in [2.45, 2.75) is 39.3 Å². The lowest BCUT2D eigenvalue weighted by Crippen LogP contribution is -3.12. The number of nitrogens with zero attached hydrogens (tertiary/aromatic N) is 2. The van der Waals surface area contributed by atoms with Crippen LogP contribution in [0.25, 0.3) is 10.2 Å². The van der Waals surface area contributed by atoms with E-state index in [-0.39, 0.29) is 0 Å². The van der Waals surface area contributed by atoms with E-state index in [1.54, 1.807) is 4.90 Å². The molecule has 2 aromatic heterocycles. The van der Waals surface area contributed by atoms with E-state index in [1.165, 1.54) is 39.8 Å². The molecule has 1 aromatic carbocycles. The van der Waals surface area contributed by atoms with Gasteiger partial charge in [-0.05, 0) is 37.3 Å². The first kappa shape index (κ1) is 18.0. The third kappa shape index (κ3) is 3.52. The van der Waals surface area contributed by atoms with Gasteiger partial charge in [-0.25, -0.2) is 9.97 Å². The first-order valence-corrected chi connectivity index (χ1v) is 11.1. The van der Waals surface area contributed by atoms with Gasteiger partial charge in [0.15, 0.2) is 0 Å². The fourth-order valence-electron chi connectivity index (χ4n) is 4.42. The molecule has 0 amide bonds. The Kier molecular flexibility index (Phi) is 5.01. The van der Waals surface area contributed by atoms with E-state index in [9.17, 15) is 0 Å². The van der Waals surface area contributed by atoms with Gasteiger partial charge in [-0.3, -0.25) is 0 Å². The number of rotatable bonds is 5. The molecule has 0 atom stereocenters. The molecule has 0 bridgehead atoms. The van der Waals surface area contributed by atoms with E-state index in [1.807, 2.05) is 18.3 Å². The molecule has 5 rings (SSSR count). The molecule has 6 heteroatoms. The van der Waals surface area contributed by atoms with Crippen LogP contribution in [-0.2, 0) is 30.7 Å². The van der Waals surface area contributed by atoms with Crippen LogP contribution in [0.3, 0.4) is 0 Å². The Morgan fingerprint density at radius 2 is 1.93 bits per heavy atom. The highest BCUT2D eigenvalue weighted by atomic mass is 32.1. The third-order valence-electron chi connectivity index (χ3n) is 5.88. The Balaban J connectivity index is 1.40. The second kappa shape index (κ2) is 7.78. The molecule has 1 saturated heterocycles. The standard InChI is InChI=1S/C22H26N4OS/c1-15-24-21(20-18-7-4-8-19(18)28-22(20)25-15)23-13-16-5-2-3-6-17(16)14-26-9-11-27-12-10-26/h2-3,5-6H,4,7-14H2,1H3,(H,23,24,25)/p+1. The first-order chi connectivity index (χ1) is 13.8. The lowest BCUT2D eigenvalue weighted by molar-refractivity contribution is -0.921. The van der Waals surface area contributed by atoms with Crippen molar-refractivity contribution in [3.63, 3.8) is 0 Å². The average Bonchev–Trinajstić information content (AvgIpc) is 3.28. The number of ether oxygens (including phenoxy) is 1. The lowest BCUT2D eigenvalue weighted by Gasteiger charge is -2.24. The summed E-state index contributed by atoms with van der Waals surface area (Å²) in [6.45, 7) is 7.78. The number of quaternary nitrogens is 1. The van der Waals surface area contributed by atoms with Crippen molar-refractivity contribution in [3.05, 3.63) is 51.7 Å². The molecule has 2 aliphatic rings. The van der Waals surface area contributed by atoms with Crippen molar-refractivity contribution in [1.29, 1.82) is 0 Å². The van der Waals surface area contributed by atoms with Crippen LogP contribution in [0, 0.1) is 6.92 Å². The molecule has 28 heavy (non-hydrogen) atoms. The maximum atomic E-state index is 5.51. The third-order valence-corrected chi connectivity index (χ3v) is 7.07. The first-order valence-electron chi connectivity index (χ1n) is 10.3. The summed E-state index contributed by atoms with van der Waals surface area (Å²) in [5.74, 6) is 1.86. The van der Waals surface area contributed by atoms with Gasteiger partial charge in [0.2, 0.25) is 0 Å². The zero-order valence-electron chi connectivity index (χ0n) is 16.4. The van der Waals surface area contributed by atoms with E-state index in [2.05, 4.69) is 29.6 Å². The number of aromatic nitrogens is 2. The Morgan fingerprint density at radius 3 is 2.79 bits per heavy atom. The molecule has 1 fully saturated rings. The number of hydrogen-bond acceptors (Lipinski definition) is 5. The zero-order chi connectivity index (χ0) is 18.9. The van der Waals surface area contributed by atoms with Crippen LogP contribution in [-0.4, -0.2) is 36.3 Å². The molecule has 1 aliphatic heterocycles. The number of benzene rings is 1. The number of morpholine rings is 1. The normalized spacial score (nSPS) is 17.2. The van der Waals surface area contributed by atoms with Gasteiger partial charge in [-0.2, -0.15) is 0 Å². The molecule has 0 saturated carbocycles. The largest absolute Gasteiger partial charge is 0.370 e. The van der Waals surface area contributed by atoms with E-state index in [0.29, 0.717) is 0 Å². The average molecular weight is 396 g/mol. The molecular formula is C22H27N4OS+. The highest BCUT2D eigenvalue weighted by molar-refractivity contribution is 7.19. The molecule has 0 radical (unpaired) electrons. The van der Waals surface area contributed by atoms with Crippen LogP contribution in [0.1, 0.15) is 33.8 Å². The Morgan fingerprint density at radius 1 is 1.11 bits per heavy atom. The Hall–Kier alpha value is -2.02. The van der Waals surface area contributed by atoms with Crippen molar-refractivity contribution in [3.8, 4) is 0 Å². The Labute approximate surface area is 169 Å². The summed E-state index contributed by atoms with van der Waals surface area (Å²) in [5.41, 5.74) is 4.26. The van der Waals surface area contributed by atoms with Crippen molar-refractivity contribution in [2.75, 3.05) is 31.6 Å². The second-order valence-corrected chi connectivity index (χ2v) is 8.90. The molecular weight excluding hydrogens is 368 g/mol. The molecule has 2 N–H and O–H groups in total. The lowest BCUT2D eigenvalue weighted by atomic mass is 10.1. The highest BCUT2D eigenvalue weighted by Crippen LogP contribution is 2.39. The summed E-state index contributed by atoms with van der Waals surface area (Å²) in [6, 6.07) is 8.80. The molecule has 1 aliphatic carbocycles. The fraction of sp³-hybridized carbons (Fsp3) is 0.455. The minimum absolute atomic E-state index is 0.802. The van der Waals surface area contributed by atoms with Crippen LogP contribution >= 0.6 is 11.3 Å². The van der Waals surface area contributed by atoms with Crippen molar-refractivity contribution in [1.82, 2.24) is 9.97 Å². The minimum Gasteiger partial charge on any atom is -0.370 e. The van der Waals surface area contributed by atoms with Gasteiger partial charge in [0.25, 0.3) is 0 Å². The zero-order valence-corrected chi connectivity index (χ0v) is 17.2. The number of thiophene rings is 1. The smallest absolute Gasteiger partial charge is 0.139 e. The van der Waals surface area contributed by atoms with Gasteiger partial charge in [0.05, 0.1) is 18.6 Å². The van der Waals surface area contributed by atoms with E-state index < -0.39 is 0 Å². The number of hydrogen-bond donors (Lipinski definition) is 2. The van der Waals surface area contributed by atoms with E-state index in [0.717, 1.165) is 62.3 Å². The van der Waals surface area contributed by atoms with Crippen LogP contribution in [0.2, 0.25) is 0 Å². The quantitative estimate of drug-likeness (QED) is 0.697. The number of nitrogens with one attached hydrogen (secondary N) is 2. The van der Waals surface area contributed by atoms with Crippen molar-refractivity contribution < 1.29 is 9.64 Å². The number of aryl methyl sites for hydroxylation is 3. The predicted molar refractivity (Wildman–Crippen MR) is 113 cm³/mol. The maximum Gasteiger partial charge on any atom is 0.139 e. The molecule has 0 unspecified atom stereocenters. The topological polar surface area (TPSA) is 51.5 Å². The molecule has 0 spiro atoms. The van der Waals surface area contributed by atoms with Gasteiger partial charge in [-0.15, -0.1) is 11.3 Å². The summed E-state index contributed by atoms with van der Waals surface area (Å²) < 4.78 is 5.51. The predicted octanol–water partition coefficient (Wildman–Crippen LogP) is 2.52. The van der Waals surface area contributed by atoms with Gasteiger partial charge in [-0.1, -0.05) is 24.3 Å². The van der Waals surface area contributed by atoms with Crippen molar-refractivity contribution in [2.24, 2.45) is 0 Å². The van der Waals surface area contributed by atoms with E-state index in [4.69, 9.17) is 14.7 Å². The highest BCUT2D eigenvalue weighted by Gasteiger charge is 2.22. The summed E-state index contributed by atoms with van der Waals surface area (Å²) in [7, 11) is 0. The van der Waals surface area contributed by atoms with Crippen molar-refractivity contribution >= 4 is 27.4 Å². The fourth-order valence-corrected chi connectivity index (χ4v) is 5.72.